The lowest BCUT2D eigenvalue weighted by Gasteiger charge is -2.03. The van der Waals surface area contributed by atoms with E-state index in [0.29, 0.717) is 10.9 Å². The molecular formula is C12H14N2O3. The molecule has 5 nitrogen and oxygen atoms in total. The van der Waals surface area contributed by atoms with Crippen LogP contribution >= 0.6 is 0 Å². The van der Waals surface area contributed by atoms with E-state index in [0.717, 1.165) is 0 Å². The van der Waals surface area contributed by atoms with E-state index in [-0.39, 0.29) is 11.4 Å². The van der Waals surface area contributed by atoms with Crippen LogP contribution in [0.25, 0.3) is 10.9 Å². The Kier molecular flexibility index (Phi) is 4.39. The zero-order valence-electron chi connectivity index (χ0n) is 9.97. The van der Waals surface area contributed by atoms with E-state index in [2.05, 4.69) is 14.7 Å². The summed E-state index contributed by atoms with van der Waals surface area (Å²) in [5.74, 6) is -0.931. The summed E-state index contributed by atoms with van der Waals surface area (Å²) in [6.45, 7) is 4.00. The van der Waals surface area contributed by atoms with Crippen LogP contribution in [-0.4, -0.2) is 28.2 Å². The molecule has 0 atom stereocenters. The molecule has 0 fully saturated rings. The molecule has 0 radical (unpaired) electrons. The van der Waals surface area contributed by atoms with Gasteiger partial charge in [0.15, 0.2) is 11.4 Å². The summed E-state index contributed by atoms with van der Waals surface area (Å²) in [6, 6.07) is 3.47. The third kappa shape index (κ3) is 2.50. The molecule has 0 saturated heterocycles. The van der Waals surface area contributed by atoms with Crippen LogP contribution in [0.1, 0.15) is 24.3 Å². The Morgan fingerprint density at radius 2 is 2.06 bits per heavy atom. The predicted octanol–water partition coefficient (Wildman–Crippen LogP) is 2.15. The number of carbonyl (C=O) groups is 1. The Bertz CT molecular complexity index is 526. The van der Waals surface area contributed by atoms with Crippen molar-refractivity contribution in [3.8, 4) is 5.75 Å². The number of aromatic nitrogens is 2. The fourth-order valence-electron chi connectivity index (χ4n) is 1.27. The second kappa shape index (κ2) is 5.79. The number of hydrogen-bond acceptors (Lipinski definition) is 5. The van der Waals surface area contributed by atoms with Gasteiger partial charge in [-0.25, -0.2) is 9.78 Å². The first-order valence-corrected chi connectivity index (χ1v) is 5.25. The normalized spacial score (nSPS) is 9.35. The van der Waals surface area contributed by atoms with Crippen molar-refractivity contribution in [3.63, 3.8) is 0 Å². The minimum Gasteiger partial charge on any atom is -0.504 e. The Morgan fingerprint density at radius 1 is 1.35 bits per heavy atom. The highest BCUT2D eigenvalue weighted by Crippen LogP contribution is 2.24. The Hall–Kier alpha value is -2.17. The second-order valence-corrected chi connectivity index (χ2v) is 2.89. The number of carbonyl (C=O) groups excluding carboxylic acids is 1. The van der Waals surface area contributed by atoms with Crippen LogP contribution < -0.4 is 0 Å². The fourth-order valence-corrected chi connectivity index (χ4v) is 1.27. The van der Waals surface area contributed by atoms with Crippen molar-refractivity contribution in [1.82, 2.24) is 9.97 Å². The summed E-state index contributed by atoms with van der Waals surface area (Å²) in [7, 11) is 1.23. The Morgan fingerprint density at radius 3 is 2.71 bits per heavy atom. The van der Waals surface area contributed by atoms with Crippen LogP contribution in [0.4, 0.5) is 0 Å². The molecule has 2 heterocycles. The molecule has 17 heavy (non-hydrogen) atoms. The molecular weight excluding hydrogens is 220 g/mol. The summed E-state index contributed by atoms with van der Waals surface area (Å²) in [5, 5.41) is 10.4. The highest BCUT2D eigenvalue weighted by Gasteiger charge is 2.16. The highest BCUT2D eigenvalue weighted by molar-refractivity contribution is 5.97. The van der Waals surface area contributed by atoms with Gasteiger partial charge in [0, 0.05) is 17.8 Å². The Balaban J connectivity index is 0.000000686. The number of ether oxygens (including phenoxy) is 1. The molecule has 2 aromatic heterocycles. The Labute approximate surface area is 99.1 Å². The molecule has 0 amide bonds. The minimum atomic E-state index is -0.681. The van der Waals surface area contributed by atoms with Crippen LogP contribution in [0.3, 0.4) is 0 Å². The number of aromatic hydroxyl groups is 1. The van der Waals surface area contributed by atoms with Gasteiger partial charge in [-0.05, 0) is 12.1 Å². The van der Waals surface area contributed by atoms with Crippen LogP contribution in [-0.2, 0) is 4.74 Å². The van der Waals surface area contributed by atoms with Crippen LogP contribution in [0, 0.1) is 0 Å². The molecule has 0 unspecified atom stereocenters. The lowest BCUT2D eigenvalue weighted by Crippen LogP contribution is -2.04. The highest BCUT2D eigenvalue weighted by atomic mass is 16.5. The number of esters is 1. The van der Waals surface area contributed by atoms with Gasteiger partial charge >= 0.3 is 5.97 Å². The topological polar surface area (TPSA) is 72.3 Å². The lowest BCUT2D eigenvalue weighted by molar-refractivity contribution is 0.0591. The van der Waals surface area contributed by atoms with Crippen molar-refractivity contribution in [1.29, 1.82) is 0 Å². The summed E-state index contributed by atoms with van der Waals surface area (Å²) in [6.07, 6.45) is 3.00. The van der Waals surface area contributed by atoms with Gasteiger partial charge in [-0.15, -0.1) is 0 Å². The van der Waals surface area contributed by atoms with Crippen molar-refractivity contribution < 1.29 is 14.6 Å². The summed E-state index contributed by atoms with van der Waals surface area (Å²) >= 11 is 0. The van der Waals surface area contributed by atoms with Crippen LogP contribution in [0.2, 0.25) is 0 Å². The molecule has 0 spiro atoms. The maximum Gasteiger partial charge on any atom is 0.360 e. The zero-order valence-corrected chi connectivity index (χ0v) is 9.97. The number of methoxy groups -OCH3 is 1. The lowest BCUT2D eigenvalue weighted by atomic mass is 10.2. The van der Waals surface area contributed by atoms with Crippen molar-refractivity contribution in [2.24, 2.45) is 0 Å². The number of nitrogens with zero attached hydrogens (tertiary/aromatic N) is 2. The predicted molar refractivity (Wildman–Crippen MR) is 63.9 cm³/mol. The molecule has 2 rings (SSSR count). The van der Waals surface area contributed by atoms with E-state index >= 15 is 0 Å². The summed E-state index contributed by atoms with van der Waals surface area (Å²) in [5.41, 5.74) is 0.219. The van der Waals surface area contributed by atoms with Crippen LogP contribution in [0.15, 0.2) is 24.5 Å². The monoisotopic (exact) mass is 234 g/mol. The zero-order chi connectivity index (χ0) is 12.8. The van der Waals surface area contributed by atoms with Gasteiger partial charge in [-0.3, -0.25) is 4.98 Å². The van der Waals surface area contributed by atoms with Crippen LogP contribution in [0.5, 0.6) is 5.75 Å². The van der Waals surface area contributed by atoms with E-state index in [4.69, 9.17) is 0 Å². The standard InChI is InChI=1S/C10H8N2O3.C2H6/c1-15-10(14)8-9(13)7-6(5-12-8)3-2-4-11-7;1-2/h2-5,13H,1H3;1-2H3. The molecule has 5 heteroatoms. The average Bonchev–Trinajstić information content (AvgIpc) is 2.41. The van der Waals surface area contributed by atoms with E-state index in [1.807, 2.05) is 13.8 Å². The van der Waals surface area contributed by atoms with Gasteiger partial charge in [-0.2, -0.15) is 0 Å². The van der Waals surface area contributed by atoms with Gasteiger partial charge in [0.25, 0.3) is 0 Å². The maximum atomic E-state index is 11.2. The molecule has 0 saturated carbocycles. The number of rotatable bonds is 1. The smallest absolute Gasteiger partial charge is 0.360 e. The number of pyridine rings is 2. The largest absolute Gasteiger partial charge is 0.504 e. The SMILES string of the molecule is CC.COC(=O)c1ncc2cccnc2c1O. The van der Waals surface area contributed by atoms with E-state index in [1.54, 1.807) is 12.1 Å². The van der Waals surface area contributed by atoms with E-state index < -0.39 is 5.97 Å². The number of hydrogen-bond donors (Lipinski definition) is 1. The first-order valence-electron chi connectivity index (χ1n) is 5.25. The van der Waals surface area contributed by atoms with Gasteiger partial charge in [0.2, 0.25) is 0 Å². The van der Waals surface area contributed by atoms with Crippen molar-refractivity contribution in [3.05, 3.63) is 30.2 Å². The molecule has 0 aliphatic carbocycles. The molecule has 1 N–H and O–H groups in total. The van der Waals surface area contributed by atoms with Gasteiger partial charge in [0.05, 0.1) is 7.11 Å². The molecule has 90 valence electrons. The third-order valence-corrected chi connectivity index (χ3v) is 2.00. The van der Waals surface area contributed by atoms with E-state index in [9.17, 15) is 9.90 Å². The molecule has 0 aliphatic heterocycles. The second-order valence-electron chi connectivity index (χ2n) is 2.89. The first-order chi connectivity index (χ1) is 8.24. The van der Waals surface area contributed by atoms with Gasteiger partial charge in [-0.1, -0.05) is 13.8 Å². The summed E-state index contributed by atoms with van der Waals surface area (Å²) in [4.78, 5) is 19.0. The number of fused-ring (bicyclic) bond motifs is 1. The maximum absolute atomic E-state index is 11.2. The quantitative estimate of drug-likeness (QED) is 0.765. The molecule has 0 aromatic carbocycles. The summed E-state index contributed by atoms with van der Waals surface area (Å²) < 4.78 is 4.48. The van der Waals surface area contributed by atoms with Gasteiger partial charge < -0.3 is 9.84 Å². The van der Waals surface area contributed by atoms with Crippen molar-refractivity contribution in [2.75, 3.05) is 7.11 Å². The first kappa shape index (κ1) is 12.9. The molecule has 0 bridgehead atoms. The molecule has 2 aromatic rings. The van der Waals surface area contributed by atoms with Crippen molar-refractivity contribution >= 4 is 16.9 Å². The van der Waals surface area contributed by atoms with Crippen molar-refractivity contribution in [2.45, 2.75) is 13.8 Å². The minimum absolute atomic E-state index is 0.122. The van der Waals surface area contributed by atoms with Gasteiger partial charge in [0.1, 0.15) is 5.52 Å². The average molecular weight is 234 g/mol. The van der Waals surface area contributed by atoms with E-state index in [1.165, 1.54) is 19.5 Å². The third-order valence-electron chi connectivity index (χ3n) is 2.00. The fraction of sp³-hybridized carbons (Fsp3) is 0.250. The molecule has 0 aliphatic rings.